The van der Waals surface area contributed by atoms with Crippen LogP contribution in [0.1, 0.15) is 145 Å². The summed E-state index contributed by atoms with van der Waals surface area (Å²) >= 11 is 0. The van der Waals surface area contributed by atoms with Crippen LogP contribution in [0.4, 0.5) is 0 Å². The molecule has 0 heterocycles. The Bertz CT molecular complexity index is 1280. The predicted molar refractivity (Wildman–Crippen MR) is 186 cm³/mol. The predicted octanol–water partition coefficient (Wildman–Crippen LogP) is 12.1. The Morgan fingerprint density at radius 2 is 1.37 bits per heavy atom. The van der Waals surface area contributed by atoms with Crippen LogP contribution in [0.25, 0.3) is 0 Å². The second-order valence-electron chi connectivity index (χ2n) is 16.3. The SMILES string of the molecule is CCc1cc(C2CCC(C3CCC(CC4CC4)CC3)CC2)ccc1CC1C=C(Cc2ccccc2C(C)(C)C)C(C)=CC1. The van der Waals surface area contributed by atoms with Gasteiger partial charge >= 0.3 is 0 Å². The number of aryl methyl sites for hydroxylation is 1. The van der Waals surface area contributed by atoms with Crippen molar-refractivity contribution in [2.24, 2.45) is 29.6 Å². The zero-order chi connectivity index (χ0) is 30.0. The van der Waals surface area contributed by atoms with Crippen LogP contribution in [0.15, 0.2) is 65.8 Å². The van der Waals surface area contributed by atoms with E-state index in [4.69, 9.17) is 0 Å². The van der Waals surface area contributed by atoms with E-state index in [1.165, 1.54) is 86.5 Å². The monoisotopic (exact) mass is 576 g/mol. The molecular weight excluding hydrogens is 516 g/mol. The fourth-order valence-corrected chi connectivity index (χ4v) is 9.25. The molecule has 232 valence electrons. The standard InChI is InChI=1S/C43H60/c1-6-34-28-39(37-21-19-36(20-22-37)35-17-15-32(16-18-35)25-31-13-14-31)24-23-38(34)26-33-12-11-30(2)41(27-33)29-40-9-7-8-10-42(40)43(3,4)5/h7-11,23-24,27-28,31-33,35-37H,6,12-22,25-26,29H2,1-5H3. The quantitative estimate of drug-likeness (QED) is 0.278. The van der Waals surface area contributed by atoms with Gasteiger partial charge in [-0.3, -0.25) is 0 Å². The molecule has 0 saturated heterocycles. The van der Waals surface area contributed by atoms with Crippen LogP contribution in [-0.4, -0.2) is 0 Å². The van der Waals surface area contributed by atoms with Crippen LogP contribution in [0.3, 0.4) is 0 Å². The van der Waals surface area contributed by atoms with E-state index in [9.17, 15) is 0 Å². The zero-order valence-corrected chi connectivity index (χ0v) is 28.3. The van der Waals surface area contributed by atoms with Gasteiger partial charge < -0.3 is 0 Å². The highest BCUT2D eigenvalue weighted by molar-refractivity contribution is 5.43. The minimum absolute atomic E-state index is 0.175. The molecular formula is C43H60. The lowest BCUT2D eigenvalue weighted by Crippen LogP contribution is -2.25. The zero-order valence-electron chi connectivity index (χ0n) is 28.3. The van der Waals surface area contributed by atoms with E-state index >= 15 is 0 Å². The van der Waals surface area contributed by atoms with Crippen molar-refractivity contribution in [3.05, 3.63) is 93.6 Å². The Morgan fingerprint density at radius 3 is 2.02 bits per heavy atom. The summed E-state index contributed by atoms with van der Waals surface area (Å²) in [5.74, 6) is 5.64. The Labute approximate surface area is 264 Å². The summed E-state index contributed by atoms with van der Waals surface area (Å²) in [7, 11) is 0. The summed E-state index contributed by atoms with van der Waals surface area (Å²) in [5.41, 5.74) is 11.0. The first-order valence-corrected chi connectivity index (χ1v) is 18.3. The highest BCUT2D eigenvalue weighted by atomic mass is 14.4. The molecule has 0 nitrogen and oxygen atoms in total. The van der Waals surface area contributed by atoms with Crippen LogP contribution >= 0.6 is 0 Å². The Balaban J connectivity index is 1.06. The number of allylic oxidation sites excluding steroid dienone is 4. The van der Waals surface area contributed by atoms with Crippen LogP contribution in [-0.2, 0) is 24.7 Å². The van der Waals surface area contributed by atoms with Crippen molar-refractivity contribution >= 4 is 0 Å². The van der Waals surface area contributed by atoms with Crippen molar-refractivity contribution in [3.8, 4) is 0 Å². The normalized spacial score (nSPS) is 28.3. The molecule has 0 spiro atoms. The molecule has 0 amide bonds. The maximum absolute atomic E-state index is 2.63. The van der Waals surface area contributed by atoms with Crippen molar-refractivity contribution in [1.29, 1.82) is 0 Å². The first kappa shape index (κ1) is 30.9. The maximum Gasteiger partial charge on any atom is -0.00234 e. The summed E-state index contributed by atoms with van der Waals surface area (Å²) < 4.78 is 0. The highest BCUT2D eigenvalue weighted by Gasteiger charge is 2.33. The van der Waals surface area contributed by atoms with Gasteiger partial charge in [-0.1, -0.05) is 114 Å². The van der Waals surface area contributed by atoms with E-state index in [0.29, 0.717) is 5.92 Å². The van der Waals surface area contributed by atoms with Gasteiger partial charge in [0.1, 0.15) is 0 Å². The van der Waals surface area contributed by atoms with Gasteiger partial charge in [0.2, 0.25) is 0 Å². The molecule has 2 aromatic rings. The third-order valence-electron chi connectivity index (χ3n) is 12.1. The summed E-state index contributed by atoms with van der Waals surface area (Å²) in [5, 5.41) is 0. The first-order valence-electron chi connectivity index (χ1n) is 18.3. The van der Waals surface area contributed by atoms with E-state index in [0.717, 1.165) is 42.4 Å². The molecule has 1 unspecified atom stereocenters. The second-order valence-corrected chi connectivity index (χ2v) is 16.3. The maximum atomic E-state index is 2.63. The average molecular weight is 577 g/mol. The van der Waals surface area contributed by atoms with Crippen molar-refractivity contribution < 1.29 is 0 Å². The molecule has 0 radical (unpaired) electrons. The fourth-order valence-electron chi connectivity index (χ4n) is 9.25. The van der Waals surface area contributed by atoms with E-state index in [1.807, 2.05) is 0 Å². The summed E-state index contributed by atoms with van der Waals surface area (Å²) in [6, 6.07) is 16.8. The Morgan fingerprint density at radius 1 is 0.721 bits per heavy atom. The molecule has 3 fully saturated rings. The number of rotatable bonds is 9. The van der Waals surface area contributed by atoms with Crippen molar-refractivity contribution in [1.82, 2.24) is 0 Å². The Hall–Kier alpha value is -2.08. The van der Waals surface area contributed by atoms with Crippen molar-refractivity contribution in [2.45, 2.75) is 142 Å². The molecule has 0 aromatic heterocycles. The van der Waals surface area contributed by atoms with Gasteiger partial charge in [0.15, 0.2) is 0 Å². The number of benzene rings is 2. The first-order chi connectivity index (χ1) is 20.8. The molecule has 0 heteroatoms. The van der Waals surface area contributed by atoms with E-state index in [-0.39, 0.29) is 5.41 Å². The summed E-state index contributed by atoms with van der Waals surface area (Å²) in [6.07, 6.45) is 26.3. The molecule has 4 aliphatic carbocycles. The lowest BCUT2D eigenvalue weighted by atomic mass is 9.67. The van der Waals surface area contributed by atoms with Gasteiger partial charge in [-0.15, -0.1) is 0 Å². The third-order valence-corrected chi connectivity index (χ3v) is 12.1. The largest absolute Gasteiger partial charge is 0.0807 e. The molecule has 0 aliphatic heterocycles. The minimum Gasteiger partial charge on any atom is -0.0807 e. The second kappa shape index (κ2) is 13.5. The topological polar surface area (TPSA) is 0 Å². The molecule has 43 heavy (non-hydrogen) atoms. The van der Waals surface area contributed by atoms with Gasteiger partial charge in [-0.2, -0.15) is 0 Å². The van der Waals surface area contributed by atoms with E-state index in [1.54, 1.807) is 36.0 Å². The molecule has 2 aromatic carbocycles. The van der Waals surface area contributed by atoms with E-state index in [2.05, 4.69) is 89.2 Å². The average Bonchev–Trinajstić information content (AvgIpc) is 3.83. The summed E-state index contributed by atoms with van der Waals surface area (Å²) in [4.78, 5) is 0. The third kappa shape index (κ3) is 7.78. The molecule has 4 aliphatic rings. The minimum atomic E-state index is 0.175. The molecule has 3 saturated carbocycles. The van der Waals surface area contributed by atoms with E-state index < -0.39 is 0 Å². The number of hydrogen-bond donors (Lipinski definition) is 0. The molecule has 0 bridgehead atoms. The van der Waals surface area contributed by atoms with Gasteiger partial charge in [0.25, 0.3) is 0 Å². The lowest BCUT2D eigenvalue weighted by molar-refractivity contribution is 0.154. The molecule has 0 N–H and O–H groups in total. The van der Waals surface area contributed by atoms with Gasteiger partial charge in [-0.25, -0.2) is 0 Å². The van der Waals surface area contributed by atoms with Crippen LogP contribution < -0.4 is 0 Å². The highest BCUT2D eigenvalue weighted by Crippen LogP contribution is 2.47. The van der Waals surface area contributed by atoms with Crippen LogP contribution in [0, 0.1) is 29.6 Å². The lowest BCUT2D eigenvalue weighted by Gasteiger charge is -2.38. The Kier molecular flexibility index (Phi) is 9.71. The molecule has 1 atom stereocenters. The number of hydrogen-bond acceptors (Lipinski definition) is 0. The van der Waals surface area contributed by atoms with Gasteiger partial charge in [0, 0.05) is 0 Å². The van der Waals surface area contributed by atoms with Crippen molar-refractivity contribution in [3.63, 3.8) is 0 Å². The van der Waals surface area contributed by atoms with Crippen LogP contribution in [0.2, 0.25) is 0 Å². The molecule has 6 rings (SSSR count). The van der Waals surface area contributed by atoms with Gasteiger partial charge in [0.05, 0.1) is 0 Å². The summed E-state index contributed by atoms with van der Waals surface area (Å²) in [6.45, 7) is 11.7. The van der Waals surface area contributed by atoms with Gasteiger partial charge in [-0.05, 0) is 152 Å². The van der Waals surface area contributed by atoms with Crippen molar-refractivity contribution in [2.75, 3.05) is 0 Å². The van der Waals surface area contributed by atoms with Crippen LogP contribution in [0.5, 0.6) is 0 Å². The smallest absolute Gasteiger partial charge is 0.00234 e. The fraction of sp³-hybridized carbons (Fsp3) is 0.628.